The highest BCUT2D eigenvalue weighted by molar-refractivity contribution is 8.27. The van der Waals surface area contributed by atoms with Gasteiger partial charge in [-0.1, -0.05) is 48.2 Å². The van der Waals surface area contributed by atoms with Crippen molar-refractivity contribution in [2.45, 2.75) is 6.92 Å². The van der Waals surface area contributed by atoms with Gasteiger partial charge in [-0.05, 0) is 55.0 Å². The maximum atomic E-state index is 13.5. The molecule has 1 aliphatic rings. The first-order valence-corrected chi connectivity index (χ1v) is 12.6. The van der Waals surface area contributed by atoms with Crippen LogP contribution in [0.5, 0.6) is 11.5 Å². The third-order valence-electron chi connectivity index (χ3n) is 5.95. The molecule has 0 aliphatic carbocycles. The van der Waals surface area contributed by atoms with Crippen molar-refractivity contribution in [1.82, 2.24) is 9.36 Å². The van der Waals surface area contributed by atoms with E-state index in [-0.39, 0.29) is 27.1 Å². The number of hydrogen-bond acceptors (Lipinski definition) is 8. The number of amides is 1. The molecule has 2 aromatic heterocycles. The lowest BCUT2D eigenvalue weighted by Crippen LogP contribution is -2.33. The van der Waals surface area contributed by atoms with Gasteiger partial charge in [-0.2, -0.15) is 0 Å². The average molecular weight is 548 g/mol. The summed E-state index contributed by atoms with van der Waals surface area (Å²) in [6, 6.07) is 17.1. The molecule has 0 spiro atoms. The van der Waals surface area contributed by atoms with Crippen molar-refractivity contribution in [3.8, 4) is 17.2 Å². The molecule has 1 saturated heterocycles. The Morgan fingerprint density at radius 3 is 2.50 bits per heavy atom. The smallest absolute Gasteiger partial charge is 0.379 e. The molecule has 3 heterocycles. The Morgan fingerprint density at radius 2 is 1.82 bits per heavy atom. The molecule has 1 aliphatic heterocycles. The number of methoxy groups -OCH3 is 1. The monoisotopic (exact) mass is 547 g/mol. The van der Waals surface area contributed by atoms with E-state index in [2.05, 4.69) is 0 Å². The highest BCUT2D eigenvalue weighted by atomic mass is 32.2. The molecular weight excluding hydrogens is 526 g/mol. The highest BCUT2D eigenvalue weighted by Gasteiger charge is 2.37. The molecule has 0 atom stereocenters. The standard InChI is InChI=1S/C27H21N3O6S2/c1-16-23(25(32)30(28(16)2)18-8-5-4-6-9-18)29-24(31)22(38-27(29)37)15-17-11-12-19(21(14-17)34-3)36-26(33)20-10-7-13-35-20/h4-15H,1-3H3/b22-15+. The molecule has 192 valence electrons. The number of hydrogen-bond donors (Lipinski definition) is 0. The van der Waals surface area contributed by atoms with Crippen LogP contribution in [0.3, 0.4) is 0 Å². The summed E-state index contributed by atoms with van der Waals surface area (Å²) in [5.41, 5.74) is 1.75. The quantitative estimate of drug-likeness (QED) is 0.148. The van der Waals surface area contributed by atoms with Gasteiger partial charge in [-0.3, -0.25) is 19.2 Å². The Hall–Kier alpha value is -4.35. The molecule has 38 heavy (non-hydrogen) atoms. The molecule has 9 nitrogen and oxygen atoms in total. The summed E-state index contributed by atoms with van der Waals surface area (Å²) in [6.45, 7) is 1.77. The number of benzene rings is 2. The lowest BCUT2D eigenvalue weighted by molar-refractivity contribution is -0.113. The summed E-state index contributed by atoms with van der Waals surface area (Å²) in [7, 11) is 3.20. The van der Waals surface area contributed by atoms with Gasteiger partial charge in [0.1, 0.15) is 5.69 Å². The van der Waals surface area contributed by atoms with Gasteiger partial charge in [0.15, 0.2) is 15.8 Å². The first kappa shape index (κ1) is 25.3. The molecule has 11 heteroatoms. The largest absolute Gasteiger partial charge is 0.493 e. The van der Waals surface area contributed by atoms with Crippen LogP contribution in [0, 0.1) is 6.92 Å². The van der Waals surface area contributed by atoms with Crippen LogP contribution in [-0.2, 0) is 11.8 Å². The fraction of sp³-hybridized carbons (Fsp3) is 0.111. The Kier molecular flexibility index (Phi) is 6.79. The van der Waals surface area contributed by atoms with Gasteiger partial charge in [-0.15, -0.1) is 0 Å². The van der Waals surface area contributed by atoms with E-state index >= 15 is 0 Å². The summed E-state index contributed by atoms with van der Waals surface area (Å²) in [6.07, 6.45) is 3.02. The van der Waals surface area contributed by atoms with Crippen molar-refractivity contribution in [3.05, 3.63) is 99.2 Å². The summed E-state index contributed by atoms with van der Waals surface area (Å²) in [5, 5.41) is 0. The number of carbonyl (C=O) groups excluding carboxylic acids is 2. The summed E-state index contributed by atoms with van der Waals surface area (Å²) >= 11 is 6.62. The van der Waals surface area contributed by atoms with Crippen LogP contribution >= 0.6 is 24.0 Å². The van der Waals surface area contributed by atoms with E-state index in [9.17, 15) is 14.4 Å². The molecule has 5 rings (SSSR count). The Labute approximate surface area is 226 Å². The lowest BCUT2D eigenvalue weighted by Gasteiger charge is -2.12. The normalized spacial score (nSPS) is 14.4. The maximum Gasteiger partial charge on any atom is 0.379 e. The number of carbonyl (C=O) groups is 2. The molecule has 0 radical (unpaired) electrons. The Bertz CT molecular complexity index is 1650. The van der Waals surface area contributed by atoms with E-state index in [0.29, 0.717) is 27.6 Å². The number of furan rings is 1. The van der Waals surface area contributed by atoms with Gasteiger partial charge in [0.25, 0.3) is 11.5 Å². The van der Waals surface area contributed by atoms with Crippen LogP contribution < -0.4 is 19.9 Å². The van der Waals surface area contributed by atoms with Crippen LogP contribution in [0.2, 0.25) is 0 Å². The summed E-state index contributed by atoms with van der Waals surface area (Å²) in [5.74, 6) is -0.527. The Balaban J connectivity index is 1.45. The van der Waals surface area contributed by atoms with Crippen LogP contribution in [0.4, 0.5) is 5.69 Å². The van der Waals surface area contributed by atoms with Gasteiger partial charge in [-0.25, -0.2) is 9.48 Å². The SMILES string of the molecule is COc1cc(/C=C2/SC(=S)N(c3c(C)n(C)n(-c4ccccc4)c3=O)C2=O)ccc1OC(=O)c1ccco1. The fourth-order valence-electron chi connectivity index (χ4n) is 4.03. The first-order valence-electron chi connectivity index (χ1n) is 11.4. The summed E-state index contributed by atoms with van der Waals surface area (Å²) in [4.78, 5) is 40.8. The van der Waals surface area contributed by atoms with Crippen molar-refractivity contribution in [2.75, 3.05) is 12.0 Å². The number of thioether (sulfide) groups is 1. The van der Waals surface area contributed by atoms with E-state index in [1.54, 1.807) is 49.0 Å². The number of ether oxygens (including phenoxy) is 2. The topological polar surface area (TPSA) is 95.9 Å². The zero-order valence-electron chi connectivity index (χ0n) is 20.5. The summed E-state index contributed by atoms with van der Waals surface area (Å²) < 4.78 is 19.3. The number of anilines is 1. The highest BCUT2D eigenvalue weighted by Crippen LogP contribution is 2.37. The van der Waals surface area contributed by atoms with Gasteiger partial charge < -0.3 is 13.9 Å². The molecule has 0 bridgehead atoms. The maximum absolute atomic E-state index is 13.5. The lowest BCUT2D eigenvalue weighted by atomic mass is 10.2. The van der Waals surface area contributed by atoms with Crippen molar-refractivity contribution in [3.63, 3.8) is 0 Å². The van der Waals surface area contributed by atoms with Crippen molar-refractivity contribution in [2.24, 2.45) is 7.05 Å². The zero-order valence-corrected chi connectivity index (χ0v) is 22.2. The number of thiocarbonyl (C=S) groups is 1. The minimum atomic E-state index is -0.665. The number of nitrogens with zero attached hydrogens (tertiary/aromatic N) is 3. The van der Waals surface area contributed by atoms with Gasteiger partial charge in [0.05, 0.1) is 29.7 Å². The van der Waals surface area contributed by atoms with Crippen LogP contribution in [-0.4, -0.2) is 32.7 Å². The minimum Gasteiger partial charge on any atom is -0.493 e. The van der Waals surface area contributed by atoms with E-state index in [0.717, 1.165) is 11.8 Å². The van der Waals surface area contributed by atoms with E-state index < -0.39 is 11.9 Å². The molecular formula is C27H21N3O6S2. The van der Waals surface area contributed by atoms with Crippen LogP contribution in [0.25, 0.3) is 11.8 Å². The Morgan fingerprint density at radius 1 is 1.05 bits per heavy atom. The van der Waals surface area contributed by atoms with Crippen molar-refractivity contribution in [1.29, 1.82) is 0 Å². The zero-order chi connectivity index (χ0) is 27.0. The van der Waals surface area contributed by atoms with E-state index in [1.165, 1.54) is 29.0 Å². The number of para-hydroxylation sites is 1. The molecule has 0 saturated carbocycles. The molecule has 4 aromatic rings. The number of aromatic nitrogens is 2. The molecule has 2 aromatic carbocycles. The third-order valence-corrected chi connectivity index (χ3v) is 7.25. The van der Waals surface area contributed by atoms with Gasteiger partial charge in [0, 0.05) is 7.05 Å². The predicted molar refractivity (Wildman–Crippen MR) is 148 cm³/mol. The molecule has 1 fully saturated rings. The predicted octanol–water partition coefficient (Wildman–Crippen LogP) is 4.71. The van der Waals surface area contributed by atoms with E-state index in [1.807, 2.05) is 30.3 Å². The van der Waals surface area contributed by atoms with Crippen molar-refractivity contribution >= 4 is 51.9 Å². The second-order valence-corrected chi connectivity index (χ2v) is 9.88. The first-order chi connectivity index (χ1) is 18.3. The van der Waals surface area contributed by atoms with Gasteiger partial charge >= 0.3 is 5.97 Å². The van der Waals surface area contributed by atoms with Crippen LogP contribution in [0.15, 0.2) is 81.0 Å². The average Bonchev–Trinajstić information content (AvgIpc) is 3.60. The van der Waals surface area contributed by atoms with Gasteiger partial charge in [0.2, 0.25) is 5.76 Å². The van der Waals surface area contributed by atoms with Crippen molar-refractivity contribution < 1.29 is 23.5 Å². The second-order valence-electron chi connectivity index (χ2n) is 8.20. The number of esters is 1. The van der Waals surface area contributed by atoms with Crippen LogP contribution in [0.1, 0.15) is 21.8 Å². The molecule has 1 amide bonds. The fourth-order valence-corrected chi connectivity index (χ4v) is 5.30. The molecule has 0 unspecified atom stereocenters. The minimum absolute atomic E-state index is 0.0577. The van der Waals surface area contributed by atoms with E-state index in [4.69, 9.17) is 26.1 Å². The number of rotatable bonds is 6. The second kappa shape index (κ2) is 10.2. The third kappa shape index (κ3) is 4.46. The molecule has 0 N–H and O–H groups in total.